The third-order valence-corrected chi connectivity index (χ3v) is 12.4. The zero-order chi connectivity index (χ0) is 38.0. The summed E-state index contributed by atoms with van der Waals surface area (Å²) in [6, 6.07) is 15.7. The lowest BCUT2D eigenvalue weighted by Gasteiger charge is -2.38. The molecule has 0 radical (unpaired) electrons. The van der Waals surface area contributed by atoms with Crippen LogP contribution < -0.4 is 21.7 Å². The minimum Gasteiger partial charge on any atom is -0.383 e. The Bertz CT molecular complexity index is 2050. The lowest BCUT2D eigenvalue weighted by Crippen LogP contribution is -2.44. The molecule has 2 fully saturated rings. The van der Waals surface area contributed by atoms with Crippen LogP contribution in [-0.2, 0) is 27.8 Å². The van der Waals surface area contributed by atoms with Crippen LogP contribution in [-0.4, -0.2) is 60.0 Å². The fraction of sp³-hybridized carbons (Fsp3) is 0.500. The van der Waals surface area contributed by atoms with Crippen molar-refractivity contribution in [3.8, 4) is 6.07 Å². The summed E-state index contributed by atoms with van der Waals surface area (Å²) in [5, 5.41) is 13.5. The Hall–Kier alpha value is -4.72. The number of aromatic amines is 1. The highest BCUT2D eigenvalue weighted by molar-refractivity contribution is 6.20. The number of ketones is 1. The molecule has 1 amide bonds. The van der Waals surface area contributed by atoms with Gasteiger partial charge in [-0.1, -0.05) is 32.9 Å². The molecule has 6 N–H and O–H groups in total. The van der Waals surface area contributed by atoms with Crippen molar-refractivity contribution in [2.75, 3.05) is 36.9 Å². The zero-order valence-corrected chi connectivity index (χ0v) is 32.0. The van der Waals surface area contributed by atoms with Crippen molar-refractivity contribution < 1.29 is 14.3 Å². The molecule has 284 valence electrons. The van der Waals surface area contributed by atoms with Gasteiger partial charge in [-0.05, 0) is 123 Å². The smallest absolute Gasteiger partial charge is 0.237 e. The van der Waals surface area contributed by atoms with Crippen LogP contribution >= 0.6 is 0 Å². The van der Waals surface area contributed by atoms with Gasteiger partial charge in [0.05, 0.1) is 23.2 Å². The SMILES string of the molecule is CCc1cc2c(cc1N1CCC(CCOC[C@H]3CC[C@@H](NC(=O)[C@@H](N)CCCc4cccnc4N)C3)CC1)C(C)(C)c1[nH]c3cc(C#N)ccc3c1C2=O. The third kappa shape index (κ3) is 7.62. The number of carbonyl (C=O) groups excluding carboxylic acids is 2. The molecule has 1 saturated carbocycles. The predicted octanol–water partition coefficient (Wildman–Crippen LogP) is 6.71. The van der Waals surface area contributed by atoms with Crippen LogP contribution in [0.25, 0.3) is 10.9 Å². The number of nitrogen functional groups attached to an aromatic ring is 1. The Balaban J connectivity index is 0.864. The average molecular weight is 730 g/mol. The van der Waals surface area contributed by atoms with Gasteiger partial charge in [0.1, 0.15) is 5.82 Å². The Kier molecular flexibility index (Phi) is 11.1. The molecule has 7 rings (SSSR count). The second kappa shape index (κ2) is 15.9. The van der Waals surface area contributed by atoms with Crippen molar-refractivity contribution in [2.24, 2.45) is 17.6 Å². The predicted molar refractivity (Wildman–Crippen MR) is 214 cm³/mol. The number of amides is 1. The molecule has 0 unspecified atom stereocenters. The van der Waals surface area contributed by atoms with E-state index in [1.165, 1.54) is 11.3 Å². The van der Waals surface area contributed by atoms with Crippen molar-refractivity contribution in [1.29, 1.82) is 5.26 Å². The fourth-order valence-corrected chi connectivity index (χ4v) is 9.09. The van der Waals surface area contributed by atoms with E-state index in [1.54, 1.807) is 12.3 Å². The number of nitriles is 1. The number of rotatable bonds is 13. The minimum absolute atomic E-state index is 0.0623. The number of benzene rings is 2. The molecule has 0 spiro atoms. The minimum atomic E-state index is -0.518. The fourth-order valence-electron chi connectivity index (χ4n) is 9.09. The molecule has 10 nitrogen and oxygen atoms in total. The molecule has 3 atom stereocenters. The molecule has 1 aliphatic heterocycles. The zero-order valence-electron chi connectivity index (χ0n) is 32.0. The first kappa shape index (κ1) is 37.6. The highest BCUT2D eigenvalue weighted by atomic mass is 16.5. The van der Waals surface area contributed by atoms with E-state index in [-0.39, 0.29) is 17.7 Å². The average Bonchev–Trinajstić information content (AvgIpc) is 3.80. The van der Waals surface area contributed by atoms with Crippen LogP contribution in [0.15, 0.2) is 48.7 Å². The molecule has 10 heteroatoms. The first-order valence-corrected chi connectivity index (χ1v) is 19.9. The number of ether oxygens (including phenoxy) is 1. The number of nitrogens with zero attached hydrogens (tertiary/aromatic N) is 3. The molecule has 0 bridgehead atoms. The number of aromatic nitrogens is 2. The van der Waals surface area contributed by atoms with E-state index in [0.717, 1.165) is 123 Å². The van der Waals surface area contributed by atoms with E-state index in [0.29, 0.717) is 29.6 Å². The van der Waals surface area contributed by atoms with E-state index < -0.39 is 11.5 Å². The van der Waals surface area contributed by atoms with Gasteiger partial charge < -0.3 is 31.4 Å². The molecule has 3 heterocycles. The number of hydrogen-bond donors (Lipinski definition) is 4. The van der Waals surface area contributed by atoms with Gasteiger partial charge in [0.15, 0.2) is 5.78 Å². The number of aryl methyl sites for hydroxylation is 2. The summed E-state index contributed by atoms with van der Waals surface area (Å²) in [4.78, 5) is 37.0. The second-order valence-corrected chi connectivity index (χ2v) is 16.3. The number of nitrogens with one attached hydrogen (secondary N) is 2. The standard InChI is InChI=1S/C44H55N7O3/c1-4-30-23-34-35(44(2,3)41-39(40(34)52)33-13-11-28(25-45)22-37(33)50-41)24-38(30)51-18-14-27(15-19-51)16-20-54-26-29-10-12-32(21-29)49-43(53)36(46)9-5-7-31-8-6-17-48-42(31)47/h6,8,11,13,17,22-24,27,29,32,36,50H,4-5,7,9-10,12,14-16,18-21,26,46H2,1-3H3,(H2,47,48)(H,49,53)/t29-,32+,36-/m0/s1. The molecule has 54 heavy (non-hydrogen) atoms. The maximum absolute atomic E-state index is 14.1. The highest BCUT2D eigenvalue weighted by Gasteiger charge is 2.41. The maximum Gasteiger partial charge on any atom is 0.237 e. The molecule has 3 aliphatic rings. The van der Waals surface area contributed by atoms with Gasteiger partial charge in [0.25, 0.3) is 0 Å². The maximum atomic E-state index is 14.1. The van der Waals surface area contributed by atoms with Gasteiger partial charge in [0.2, 0.25) is 5.91 Å². The van der Waals surface area contributed by atoms with Crippen LogP contribution in [0.1, 0.15) is 116 Å². The van der Waals surface area contributed by atoms with Gasteiger partial charge in [-0.2, -0.15) is 5.26 Å². The molecule has 2 aromatic heterocycles. The lowest BCUT2D eigenvalue weighted by molar-refractivity contribution is -0.123. The molecule has 4 aromatic rings. The van der Waals surface area contributed by atoms with Crippen LogP contribution in [0.2, 0.25) is 0 Å². The van der Waals surface area contributed by atoms with Crippen molar-refractivity contribution in [3.63, 3.8) is 0 Å². The topological polar surface area (TPSA) is 163 Å². The van der Waals surface area contributed by atoms with E-state index in [1.807, 2.05) is 24.3 Å². The normalized spacial score (nSPS) is 20.1. The van der Waals surface area contributed by atoms with Crippen LogP contribution in [0.4, 0.5) is 11.5 Å². The number of nitrogens with two attached hydrogens (primary N) is 2. The van der Waals surface area contributed by atoms with Crippen LogP contribution in [0.5, 0.6) is 0 Å². The van der Waals surface area contributed by atoms with E-state index >= 15 is 0 Å². The molecule has 2 aromatic carbocycles. The van der Waals surface area contributed by atoms with Gasteiger partial charge >= 0.3 is 0 Å². The van der Waals surface area contributed by atoms with Gasteiger partial charge in [0, 0.05) is 71.8 Å². The van der Waals surface area contributed by atoms with Gasteiger partial charge in [-0.15, -0.1) is 0 Å². The number of piperidine rings is 1. The summed E-state index contributed by atoms with van der Waals surface area (Å²) in [6.07, 6.45) is 11.0. The molecule has 1 saturated heterocycles. The molecular weight excluding hydrogens is 675 g/mol. The number of carbonyl (C=O) groups is 2. The number of fused-ring (bicyclic) bond motifs is 4. The van der Waals surface area contributed by atoms with Crippen molar-refractivity contribution in [2.45, 2.75) is 102 Å². The molecule has 2 aliphatic carbocycles. The third-order valence-electron chi connectivity index (χ3n) is 12.4. The first-order valence-electron chi connectivity index (χ1n) is 19.9. The number of anilines is 2. The Morgan fingerprint density at radius 1 is 1.13 bits per heavy atom. The summed E-state index contributed by atoms with van der Waals surface area (Å²) in [5.74, 6) is 1.63. The Morgan fingerprint density at radius 3 is 2.70 bits per heavy atom. The van der Waals surface area contributed by atoms with Crippen molar-refractivity contribution in [1.82, 2.24) is 15.3 Å². The Morgan fingerprint density at radius 2 is 1.94 bits per heavy atom. The largest absolute Gasteiger partial charge is 0.383 e. The number of hydrogen-bond acceptors (Lipinski definition) is 8. The first-order chi connectivity index (χ1) is 26.1. The Labute approximate surface area is 319 Å². The van der Waals surface area contributed by atoms with E-state index in [2.05, 4.69) is 59.2 Å². The van der Waals surface area contributed by atoms with Gasteiger partial charge in [-0.3, -0.25) is 9.59 Å². The lowest BCUT2D eigenvalue weighted by atomic mass is 9.70. The highest BCUT2D eigenvalue weighted by Crippen LogP contribution is 2.46. The summed E-state index contributed by atoms with van der Waals surface area (Å²) < 4.78 is 6.22. The number of pyridine rings is 1. The summed E-state index contributed by atoms with van der Waals surface area (Å²) >= 11 is 0. The quantitative estimate of drug-likeness (QED) is 0.110. The van der Waals surface area contributed by atoms with Crippen molar-refractivity contribution in [3.05, 3.63) is 87.7 Å². The summed E-state index contributed by atoms with van der Waals surface area (Å²) in [5.41, 5.74) is 20.2. The van der Waals surface area contributed by atoms with E-state index in [4.69, 9.17) is 16.2 Å². The van der Waals surface area contributed by atoms with E-state index in [9.17, 15) is 14.9 Å². The monoisotopic (exact) mass is 729 g/mol. The van der Waals surface area contributed by atoms with Crippen LogP contribution in [0, 0.1) is 23.2 Å². The molecular formula is C44H55N7O3. The summed E-state index contributed by atoms with van der Waals surface area (Å²) in [6.45, 7) is 10.1. The van der Waals surface area contributed by atoms with Gasteiger partial charge in [-0.25, -0.2) is 4.98 Å². The van der Waals surface area contributed by atoms with Crippen LogP contribution in [0.3, 0.4) is 0 Å². The number of H-pyrrole nitrogens is 1. The second-order valence-electron chi connectivity index (χ2n) is 16.3. The summed E-state index contributed by atoms with van der Waals surface area (Å²) in [7, 11) is 0. The van der Waals surface area contributed by atoms with Crippen molar-refractivity contribution >= 4 is 34.1 Å².